The first-order valence-corrected chi connectivity index (χ1v) is 8.69. The second-order valence-corrected chi connectivity index (χ2v) is 7.57. The lowest BCUT2D eigenvalue weighted by Crippen LogP contribution is -2.53. The zero-order chi connectivity index (χ0) is 17.0. The van der Waals surface area contributed by atoms with Crippen molar-refractivity contribution in [3.63, 3.8) is 0 Å². The van der Waals surface area contributed by atoms with Crippen LogP contribution in [0.15, 0.2) is 24.3 Å². The molecule has 0 saturated carbocycles. The predicted molar refractivity (Wildman–Crippen MR) is 104 cm³/mol. The van der Waals surface area contributed by atoms with Crippen LogP contribution < -0.4 is 11.1 Å². The van der Waals surface area contributed by atoms with E-state index < -0.39 is 0 Å². The maximum Gasteiger partial charge on any atom is 0.238 e. The van der Waals surface area contributed by atoms with Gasteiger partial charge in [-0.1, -0.05) is 39.8 Å². The standard InChI is InChI=1S/C19H31N3O.ClH/c1-5-14(2)15-6-8-16(9-7-15)21-18(23)12-22-11-10-17(20)19(3,4)13-22;/h6-9,14,17H,5,10-13,20H2,1-4H3,(H,21,23);1H. The van der Waals surface area contributed by atoms with Gasteiger partial charge in [0.15, 0.2) is 0 Å². The predicted octanol–water partition coefficient (Wildman–Crippen LogP) is 3.62. The summed E-state index contributed by atoms with van der Waals surface area (Å²) in [7, 11) is 0. The molecule has 1 aliphatic rings. The Morgan fingerprint density at radius 2 is 2.00 bits per heavy atom. The molecule has 1 amide bonds. The van der Waals surface area contributed by atoms with Gasteiger partial charge in [-0.15, -0.1) is 12.4 Å². The molecule has 1 aliphatic heterocycles. The van der Waals surface area contributed by atoms with Crippen LogP contribution in [0.2, 0.25) is 0 Å². The largest absolute Gasteiger partial charge is 0.327 e. The highest BCUT2D eigenvalue weighted by molar-refractivity contribution is 5.92. The maximum absolute atomic E-state index is 12.3. The topological polar surface area (TPSA) is 58.4 Å². The van der Waals surface area contributed by atoms with E-state index in [9.17, 15) is 4.79 Å². The van der Waals surface area contributed by atoms with Gasteiger partial charge in [-0.05, 0) is 41.9 Å². The number of piperidine rings is 1. The number of rotatable bonds is 5. The molecule has 2 atom stereocenters. The van der Waals surface area contributed by atoms with Crippen molar-refractivity contribution < 1.29 is 4.79 Å². The highest BCUT2D eigenvalue weighted by atomic mass is 35.5. The van der Waals surface area contributed by atoms with Crippen LogP contribution in [0.1, 0.15) is 52.0 Å². The van der Waals surface area contributed by atoms with Crippen molar-refractivity contribution in [3.05, 3.63) is 29.8 Å². The van der Waals surface area contributed by atoms with E-state index >= 15 is 0 Å². The molecule has 0 bridgehead atoms. The smallest absolute Gasteiger partial charge is 0.238 e. The van der Waals surface area contributed by atoms with Crippen LogP contribution >= 0.6 is 12.4 Å². The molecule has 4 nitrogen and oxygen atoms in total. The van der Waals surface area contributed by atoms with E-state index in [0.29, 0.717) is 12.5 Å². The monoisotopic (exact) mass is 353 g/mol. The number of benzene rings is 1. The highest BCUT2D eigenvalue weighted by Gasteiger charge is 2.33. The minimum Gasteiger partial charge on any atom is -0.327 e. The van der Waals surface area contributed by atoms with Crippen LogP contribution in [0, 0.1) is 5.41 Å². The second-order valence-electron chi connectivity index (χ2n) is 7.57. The average Bonchev–Trinajstić information content (AvgIpc) is 2.50. The van der Waals surface area contributed by atoms with Crippen LogP contribution in [-0.4, -0.2) is 36.5 Å². The van der Waals surface area contributed by atoms with Gasteiger partial charge in [-0.25, -0.2) is 0 Å². The van der Waals surface area contributed by atoms with E-state index in [1.54, 1.807) is 0 Å². The first-order chi connectivity index (χ1) is 10.8. The quantitative estimate of drug-likeness (QED) is 0.850. The summed E-state index contributed by atoms with van der Waals surface area (Å²) in [5, 5.41) is 3.00. The lowest BCUT2D eigenvalue weighted by atomic mass is 9.80. The second kappa shape index (κ2) is 8.84. The van der Waals surface area contributed by atoms with Gasteiger partial charge >= 0.3 is 0 Å². The number of halogens is 1. The third-order valence-electron chi connectivity index (χ3n) is 5.13. The van der Waals surface area contributed by atoms with Crippen molar-refractivity contribution >= 4 is 24.0 Å². The molecule has 1 aromatic carbocycles. The van der Waals surface area contributed by atoms with E-state index in [1.165, 1.54) is 5.56 Å². The highest BCUT2D eigenvalue weighted by Crippen LogP contribution is 2.27. The zero-order valence-electron chi connectivity index (χ0n) is 15.3. The molecule has 0 aromatic heterocycles. The SMILES string of the molecule is CCC(C)c1ccc(NC(=O)CN2CCC(N)C(C)(C)C2)cc1.Cl. The molecular formula is C19H32ClN3O. The molecular weight excluding hydrogens is 322 g/mol. The van der Waals surface area contributed by atoms with Crippen molar-refractivity contribution in [2.75, 3.05) is 25.0 Å². The van der Waals surface area contributed by atoms with E-state index in [1.807, 2.05) is 12.1 Å². The summed E-state index contributed by atoms with van der Waals surface area (Å²) in [6.07, 6.45) is 2.07. The first-order valence-electron chi connectivity index (χ1n) is 8.69. The van der Waals surface area contributed by atoms with E-state index in [4.69, 9.17) is 5.73 Å². The number of hydrogen-bond donors (Lipinski definition) is 2. The Labute approximate surface area is 152 Å². The number of nitrogens with one attached hydrogen (secondary N) is 1. The zero-order valence-corrected chi connectivity index (χ0v) is 16.2. The van der Waals surface area contributed by atoms with Crippen LogP contribution in [0.5, 0.6) is 0 Å². The number of carbonyl (C=O) groups is 1. The third kappa shape index (κ3) is 5.47. The van der Waals surface area contributed by atoms with E-state index in [-0.39, 0.29) is 29.8 Å². The van der Waals surface area contributed by atoms with Crippen molar-refractivity contribution in [2.45, 2.75) is 52.5 Å². The number of carbonyl (C=O) groups excluding carboxylic acids is 1. The number of anilines is 1. The molecule has 0 radical (unpaired) electrons. The third-order valence-corrected chi connectivity index (χ3v) is 5.13. The molecule has 1 aromatic rings. The van der Waals surface area contributed by atoms with Crippen LogP contribution in [0.25, 0.3) is 0 Å². The molecule has 0 spiro atoms. The molecule has 5 heteroatoms. The lowest BCUT2D eigenvalue weighted by molar-refractivity contribution is -0.118. The Balaban J connectivity index is 0.00000288. The normalized spacial score (nSPS) is 21.6. The van der Waals surface area contributed by atoms with Gasteiger partial charge in [0, 0.05) is 24.8 Å². The summed E-state index contributed by atoms with van der Waals surface area (Å²) in [5.74, 6) is 0.604. The lowest BCUT2D eigenvalue weighted by Gasteiger charge is -2.42. The Morgan fingerprint density at radius 3 is 2.54 bits per heavy atom. The fourth-order valence-electron chi connectivity index (χ4n) is 3.15. The van der Waals surface area contributed by atoms with Gasteiger partial charge in [0.1, 0.15) is 0 Å². The first kappa shape index (κ1) is 20.9. The maximum atomic E-state index is 12.3. The summed E-state index contributed by atoms with van der Waals surface area (Å²) in [6, 6.07) is 8.42. The Bertz CT molecular complexity index is 530. The van der Waals surface area contributed by atoms with Gasteiger partial charge in [0.25, 0.3) is 0 Å². The van der Waals surface area contributed by atoms with Crippen molar-refractivity contribution in [3.8, 4) is 0 Å². The van der Waals surface area contributed by atoms with Crippen molar-refractivity contribution in [2.24, 2.45) is 11.1 Å². The molecule has 24 heavy (non-hydrogen) atoms. The van der Waals surface area contributed by atoms with Gasteiger partial charge < -0.3 is 11.1 Å². The molecule has 2 unspecified atom stereocenters. The van der Waals surface area contributed by atoms with Gasteiger partial charge in [0.2, 0.25) is 5.91 Å². The molecule has 1 fully saturated rings. The summed E-state index contributed by atoms with van der Waals surface area (Å²) < 4.78 is 0. The van der Waals surface area contributed by atoms with Crippen LogP contribution in [0.4, 0.5) is 5.69 Å². The summed E-state index contributed by atoms with van der Waals surface area (Å²) in [6.45, 7) is 11.0. The Hall–Kier alpha value is -1.10. The molecule has 3 N–H and O–H groups in total. The molecule has 0 aliphatic carbocycles. The van der Waals surface area contributed by atoms with E-state index in [0.717, 1.165) is 31.6 Å². The Morgan fingerprint density at radius 1 is 1.38 bits per heavy atom. The van der Waals surface area contributed by atoms with Crippen molar-refractivity contribution in [1.82, 2.24) is 4.90 Å². The van der Waals surface area contributed by atoms with Crippen LogP contribution in [0.3, 0.4) is 0 Å². The van der Waals surface area contributed by atoms with Crippen LogP contribution in [-0.2, 0) is 4.79 Å². The Kier molecular flexibility index (Phi) is 7.71. The minimum atomic E-state index is 0. The average molecular weight is 354 g/mol. The number of hydrogen-bond acceptors (Lipinski definition) is 3. The summed E-state index contributed by atoms with van der Waals surface area (Å²) in [5.41, 5.74) is 8.41. The minimum absolute atomic E-state index is 0. The van der Waals surface area contributed by atoms with E-state index in [2.05, 4.69) is 50.0 Å². The summed E-state index contributed by atoms with van der Waals surface area (Å²) >= 11 is 0. The number of amides is 1. The van der Waals surface area contributed by atoms with Gasteiger partial charge in [0.05, 0.1) is 6.54 Å². The number of nitrogens with two attached hydrogens (primary N) is 1. The van der Waals surface area contributed by atoms with Gasteiger partial charge in [-0.3, -0.25) is 9.69 Å². The molecule has 1 heterocycles. The fourth-order valence-corrected chi connectivity index (χ4v) is 3.15. The molecule has 2 rings (SSSR count). The van der Waals surface area contributed by atoms with Crippen molar-refractivity contribution in [1.29, 1.82) is 0 Å². The van der Waals surface area contributed by atoms with Gasteiger partial charge in [-0.2, -0.15) is 0 Å². The number of likely N-dealkylation sites (tertiary alicyclic amines) is 1. The summed E-state index contributed by atoms with van der Waals surface area (Å²) in [4.78, 5) is 14.5. The molecule has 136 valence electrons. The number of nitrogens with zero attached hydrogens (tertiary/aromatic N) is 1. The fraction of sp³-hybridized carbons (Fsp3) is 0.632. The molecule has 1 saturated heterocycles.